The second kappa shape index (κ2) is 18.4. The van der Waals surface area contributed by atoms with Crippen molar-refractivity contribution in [3.63, 3.8) is 0 Å². The molecule has 0 spiro atoms. The number of hydrogen-bond acceptors (Lipinski definition) is 7. The van der Waals surface area contributed by atoms with Crippen molar-refractivity contribution in [2.45, 2.75) is 95.0 Å². The van der Waals surface area contributed by atoms with Gasteiger partial charge in [-0.05, 0) is 61.8 Å². The van der Waals surface area contributed by atoms with Gasteiger partial charge in [-0.1, -0.05) is 62.6 Å². The van der Waals surface area contributed by atoms with Crippen LogP contribution in [0, 0.1) is 0 Å². The van der Waals surface area contributed by atoms with Crippen molar-refractivity contribution in [2.24, 2.45) is 0 Å². The minimum atomic E-state index is -6.63. The van der Waals surface area contributed by atoms with E-state index in [0.29, 0.717) is 48.4 Å². The van der Waals surface area contributed by atoms with Gasteiger partial charge in [-0.25, -0.2) is 19.6 Å². The lowest BCUT2D eigenvalue weighted by molar-refractivity contribution is -0.348. The molecule has 3 aromatic rings. The summed E-state index contributed by atoms with van der Waals surface area (Å²) in [6.45, 7) is 1.36. The summed E-state index contributed by atoms with van der Waals surface area (Å²) in [5.74, 6) is -15.9. The molecule has 0 fully saturated rings. The first-order valence-electron chi connectivity index (χ1n) is 16.3. The van der Waals surface area contributed by atoms with Crippen molar-refractivity contribution in [2.75, 3.05) is 13.2 Å². The van der Waals surface area contributed by atoms with Crippen LogP contribution in [-0.4, -0.2) is 65.4 Å². The fourth-order valence-corrected chi connectivity index (χ4v) is 4.70. The Morgan fingerprint density at radius 2 is 1.19 bits per heavy atom. The third-order valence-electron chi connectivity index (χ3n) is 7.71. The van der Waals surface area contributed by atoms with Gasteiger partial charge in [-0.3, -0.25) is 0 Å². The van der Waals surface area contributed by atoms with Gasteiger partial charge in [0.05, 0.1) is 31.2 Å². The van der Waals surface area contributed by atoms with Crippen LogP contribution in [0.4, 0.5) is 43.9 Å². The highest BCUT2D eigenvalue weighted by atomic mass is 19.4. The van der Waals surface area contributed by atoms with Crippen molar-refractivity contribution in [3.05, 3.63) is 66.5 Å². The molecule has 1 atom stereocenters. The average molecular weight is 755 g/mol. The summed E-state index contributed by atoms with van der Waals surface area (Å²) in [5.41, 5.74) is 2.11. The molecule has 0 saturated carbocycles. The normalized spacial score (nSPS) is 13.1. The van der Waals surface area contributed by atoms with Gasteiger partial charge < -0.3 is 14.2 Å². The van der Waals surface area contributed by atoms with Crippen molar-refractivity contribution >= 4 is 11.9 Å². The lowest BCUT2D eigenvalue weighted by atomic mass is 10.0. The van der Waals surface area contributed by atoms with Gasteiger partial charge in [0.2, 0.25) is 0 Å². The number of hydrogen-bond donors (Lipinski definition) is 0. The first kappa shape index (κ1) is 42.0. The van der Waals surface area contributed by atoms with Gasteiger partial charge in [0.25, 0.3) is 0 Å². The number of halogens is 10. The molecule has 0 aliphatic carbocycles. The molecular formula is C35H36F10N2O5. The van der Waals surface area contributed by atoms with Crippen LogP contribution in [0.1, 0.15) is 75.1 Å². The monoisotopic (exact) mass is 754 g/mol. The fraction of sp³-hybridized carbons (Fsp3) is 0.486. The summed E-state index contributed by atoms with van der Waals surface area (Å²) >= 11 is 0. The number of alkyl halides is 10. The van der Waals surface area contributed by atoms with Gasteiger partial charge in [-0.15, -0.1) is 0 Å². The second-order valence-corrected chi connectivity index (χ2v) is 11.7. The number of esters is 2. The summed E-state index contributed by atoms with van der Waals surface area (Å²) in [6, 6.07) is 13.0. The summed E-state index contributed by atoms with van der Waals surface area (Å²) in [4.78, 5) is 32.1. The Balaban J connectivity index is 1.41. The zero-order chi connectivity index (χ0) is 38.6. The van der Waals surface area contributed by atoms with Crippen molar-refractivity contribution in [3.8, 4) is 28.3 Å². The van der Waals surface area contributed by atoms with Gasteiger partial charge in [-0.2, -0.15) is 43.9 Å². The van der Waals surface area contributed by atoms with Crippen LogP contribution in [0.2, 0.25) is 0 Å². The molecule has 0 amide bonds. The largest absolute Gasteiger partial charge is 0.490 e. The van der Waals surface area contributed by atoms with Crippen molar-refractivity contribution in [1.82, 2.24) is 9.97 Å². The van der Waals surface area contributed by atoms with E-state index in [2.05, 4.69) is 14.7 Å². The van der Waals surface area contributed by atoms with Crippen LogP contribution in [-0.2, 0) is 14.3 Å². The standard InChI is InChI=1S/C35H36F10N2O5/c1-2-3-4-7-10-28(33(38,39)40)52-30(48)26-17-13-24(14-18-26)23-11-15-25(16-12-23)29-46-21-27(22-47-29)50-19-8-5-6-9-20-51-31(49)32(36,37)34(41,42)35(43,44)45/h11-18,21-22,28H,2-10,19-20H2,1H3/t28-/m1/s1. The van der Waals surface area contributed by atoms with Crippen LogP contribution in [0.15, 0.2) is 60.9 Å². The number of carbonyl (C=O) groups is 2. The van der Waals surface area contributed by atoms with Crippen LogP contribution in [0.3, 0.4) is 0 Å². The molecule has 52 heavy (non-hydrogen) atoms. The van der Waals surface area contributed by atoms with Gasteiger partial charge in [0.1, 0.15) is 0 Å². The first-order chi connectivity index (χ1) is 24.4. The zero-order valence-corrected chi connectivity index (χ0v) is 27.8. The van der Waals surface area contributed by atoms with E-state index < -0.39 is 48.8 Å². The van der Waals surface area contributed by atoms with E-state index in [0.717, 1.165) is 18.4 Å². The molecule has 0 N–H and O–H groups in total. The minimum absolute atomic E-state index is 0.00554. The number of unbranched alkanes of at least 4 members (excludes halogenated alkanes) is 6. The molecule has 2 aromatic carbocycles. The highest BCUT2D eigenvalue weighted by Gasteiger charge is 2.77. The molecule has 17 heteroatoms. The molecular weight excluding hydrogens is 718 g/mol. The van der Waals surface area contributed by atoms with E-state index in [1.807, 2.05) is 6.92 Å². The molecule has 7 nitrogen and oxygen atoms in total. The topological polar surface area (TPSA) is 87.6 Å². The zero-order valence-electron chi connectivity index (χ0n) is 27.8. The SMILES string of the molecule is CCCCCC[C@@H](OC(=O)c1ccc(-c2ccc(-c3ncc(OCCCCCCOC(=O)C(F)(F)C(F)(F)C(F)(F)F)cn3)cc2)cc1)C(F)(F)F. The van der Waals surface area contributed by atoms with Gasteiger partial charge in [0.15, 0.2) is 17.7 Å². The molecule has 0 aliphatic heterocycles. The third-order valence-corrected chi connectivity index (χ3v) is 7.71. The van der Waals surface area contributed by atoms with Crippen LogP contribution < -0.4 is 4.74 Å². The number of carbonyl (C=O) groups excluding carboxylic acids is 2. The molecule has 1 heterocycles. The third kappa shape index (κ3) is 11.5. The van der Waals surface area contributed by atoms with Crippen LogP contribution >= 0.6 is 0 Å². The summed E-state index contributed by atoms with van der Waals surface area (Å²) in [7, 11) is 0. The Bertz CT molecular complexity index is 1560. The maximum Gasteiger partial charge on any atom is 0.460 e. The molecule has 0 aliphatic rings. The van der Waals surface area contributed by atoms with Crippen molar-refractivity contribution < 1.29 is 67.7 Å². The quantitative estimate of drug-likeness (QED) is 0.0684. The summed E-state index contributed by atoms with van der Waals surface area (Å²) < 4.78 is 143. The Hall–Kier alpha value is -4.44. The van der Waals surface area contributed by atoms with Crippen LogP contribution in [0.25, 0.3) is 22.5 Å². The number of rotatable bonds is 19. The maximum atomic E-state index is 13.4. The highest BCUT2D eigenvalue weighted by molar-refractivity contribution is 5.90. The molecule has 286 valence electrons. The highest BCUT2D eigenvalue weighted by Crippen LogP contribution is 2.47. The second-order valence-electron chi connectivity index (χ2n) is 11.7. The lowest BCUT2D eigenvalue weighted by Gasteiger charge is -2.26. The van der Waals surface area contributed by atoms with E-state index in [9.17, 15) is 53.5 Å². The number of nitrogens with zero attached hydrogens (tertiary/aromatic N) is 2. The Morgan fingerprint density at radius 3 is 1.73 bits per heavy atom. The summed E-state index contributed by atoms with van der Waals surface area (Å²) in [6.07, 6.45) is -7.20. The van der Waals surface area contributed by atoms with Crippen molar-refractivity contribution in [1.29, 1.82) is 0 Å². The Kier molecular flexibility index (Phi) is 14.8. The Labute approximate surface area is 292 Å². The predicted octanol–water partition coefficient (Wildman–Crippen LogP) is 10.2. The van der Waals surface area contributed by atoms with E-state index >= 15 is 0 Å². The molecule has 0 saturated heterocycles. The molecule has 1 aromatic heterocycles. The molecule has 0 unspecified atom stereocenters. The average Bonchev–Trinajstić information content (AvgIpc) is 3.10. The first-order valence-corrected chi connectivity index (χ1v) is 16.3. The number of benzene rings is 2. The Morgan fingerprint density at radius 1 is 0.673 bits per heavy atom. The van der Waals surface area contributed by atoms with E-state index in [-0.39, 0.29) is 31.4 Å². The van der Waals surface area contributed by atoms with E-state index in [1.54, 1.807) is 36.4 Å². The van der Waals surface area contributed by atoms with E-state index in [1.165, 1.54) is 24.5 Å². The molecule has 0 bridgehead atoms. The maximum absolute atomic E-state index is 13.4. The lowest BCUT2D eigenvalue weighted by Crippen LogP contribution is -2.56. The fourth-order valence-electron chi connectivity index (χ4n) is 4.70. The molecule has 3 rings (SSSR count). The molecule has 0 radical (unpaired) electrons. The van der Waals surface area contributed by atoms with E-state index in [4.69, 9.17) is 9.47 Å². The summed E-state index contributed by atoms with van der Waals surface area (Å²) in [5, 5.41) is 0. The smallest absolute Gasteiger partial charge is 0.460 e. The number of aromatic nitrogens is 2. The van der Waals surface area contributed by atoms with Gasteiger partial charge >= 0.3 is 36.1 Å². The predicted molar refractivity (Wildman–Crippen MR) is 168 cm³/mol. The van der Waals surface area contributed by atoms with Crippen LogP contribution in [0.5, 0.6) is 5.75 Å². The minimum Gasteiger partial charge on any atom is -0.490 e. The van der Waals surface area contributed by atoms with Gasteiger partial charge in [0, 0.05) is 5.56 Å². The number of ether oxygens (including phenoxy) is 3.